The Labute approximate surface area is 114 Å². The molecule has 1 atom stereocenters. The van der Waals surface area contributed by atoms with Gasteiger partial charge in [0.15, 0.2) is 0 Å². The van der Waals surface area contributed by atoms with Gasteiger partial charge in [-0.05, 0) is 73.6 Å². The van der Waals surface area contributed by atoms with Crippen LogP contribution < -0.4 is 5.32 Å². The third-order valence-corrected chi connectivity index (χ3v) is 3.83. The molecule has 1 aliphatic heterocycles. The highest BCUT2D eigenvalue weighted by molar-refractivity contribution is 4.74. The Balaban J connectivity index is 2.17. The van der Waals surface area contributed by atoms with E-state index in [1.165, 1.54) is 45.4 Å². The molecule has 3 nitrogen and oxygen atoms in total. The van der Waals surface area contributed by atoms with Crippen LogP contribution in [0.1, 0.15) is 47.0 Å². The van der Waals surface area contributed by atoms with E-state index in [1.54, 1.807) is 0 Å². The minimum Gasteiger partial charge on any atom is -0.312 e. The average molecular weight is 255 g/mol. The van der Waals surface area contributed by atoms with Crippen molar-refractivity contribution in [3.63, 3.8) is 0 Å². The monoisotopic (exact) mass is 255 g/mol. The standard InChI is InChI=1S/C15H33N3/c1-14(8-6-9-16-15(2,3)4)18-11-7-10-17(5)12-13-18/h14,16H,6-13H2,1-5H3. The Bertz CT molecular complexity index is 222. The molecule has 0 aromatic heterocycles. The van der Waals surface area contributed by atoms with Gasteiger partial charge in [-0.25, -0.2) is 0 Å². The van der Waals surface area contributed by atoms with Gasteiger partial charge in [-0.1, -0.05) is 0 Å². The van der Waals surface area contributed by atoms with Crippen LogP contribution in [0.25, 0.3) is 0 Å². The summed E-state index contributed by atoms with van der Waals surface area (Å²) in [4.78, 5) is 5.12. The van der Waals surface area contributed by atoms with Gasteiger partial charge >= 0.3 is 0 Å². The first-order valence-electron chi connectivity index (χ1n) is 7.56. The molecule has 0 spiro atoms. The molecule has 1 unspecified atom stereocenters. The van der Waals surface area contributed by atoms with Crippen molar-refractivity contribution in [1.29, 1.82) is 0 Å². The topological polar surface area (TPSA) is 18.5 Å². The average Bonchev–Trinajstić information content (AvgIpc) is 2.48. The van der Waals surface area contributed by atoms with E-state index in [-0.39, 0.29) is 5.54 Å². The SMILES string of the molecule is CC(CCCNC(C)(C)C)N1CCCN(C)CC1. The van der Waals surface area contributed by atoms with Crippen molar-refractivity contribution >= 4 is 0 Å². The van der Waals surface area contributed by atoms with E-state index in [0.29, 0.717) is 0 Å². The van der Waals surface area contributed by atoms with Gasteiger partial charge in [0.25, 0.3) is 0 Å². The lowest BCUT2D eigenvalue weighted by Gasteiger charge is -2.28. The van der Waals surface area contributed by atoms with Crippen LogP contribution in [0.15, 0.2) is 0 Å². The van der Waals surface area contributed by atoms with E-state index >= 15 is 0 Å². The van der Waals surface area contributed by atoms with Crippen molar-refractivity contribution < 1.29 is 0 Å². The lowest BCUT2D eigenvalue weighted by atomic mass is 10.1. The van der Waals surface area contributed by atoms with Crippen LogP contribution in [-0.4, -0.2) is 61.2 Å². The van der Waals surface area contributed by atoms with Crippen LogP contribution in [0.5, 0.6) is 0 Å². The molecule has 18 heavy (non-hydrogen) atoms. The molecular formula is C15H33N3. The summed E-state index contributed by atoms with van der Waals surface area (Å²) in [6, 6.07) is 0.735. The van der Waals surface area contributed by atoms with Crippen LogP contribution in [0.3, 0.4) is 0 Å². The quantitative estimate of drug-likeness (QED) is 0.760. The van der Waals surface area contributed by atoms with Gasteiger partial charge in [-0.3, -0.25) is 4.90 Å². The first-order chi connectivity index (χ1) is 8.38. The van der Waals surface area contributed by atoms with Crippen LogP contribution in [0.4, 0.5) is 0 Å². The van der Waals surface area contributed by atoms with Crippen LogP contribution >= 0.6 is 0 Å². The molecule has 1 saturated heterocycles. The largest absolute Gasteiger partial charge is 0.312 e. The second-order valence-electron chi connectivity index (χ2n) is 6.86. The van der Waals surface area contributed by atoms with E-state index in [0.717, 1.165) is 12.6 Å². The molecule has 0 aliphatic carbocycles. The maximum Gasteiger partial charge on any atom is 0.0112 e. The van der Waals surface area contributed by atoms with E-state index in [4.69, 9.17) is 0 Å². The van der Waals surface area contributed by atoms with Crippen LogP contribution in [0.2, 0.25) is 0 Å². The maximum atomic E-state index is 3.57. The number of nitrogens with one attached hydrogen (secondary N) is 1. The van der Waals surface area contributed by atoms with E-state index in [2.05, 4.69) is 49.9 Å². The minimum atomic E-state index is 0.258. The highest BCUT2D eigenvalue weighted by Crippen LogP contribution is 2.10. The summed E-state index contributed by atoms with van der Waals surface area (Å²) in [7, 11) is 2.24. The molecule has 0 bridgehead atoms. The molecule has 1 fully saturated rings. The summed E-state index contributed by atoms with van der Waals surface area (Å²) < 4.78 is 0. The predicted molar refractivity (Wildman–Crippen MR) is 80.1 cm³/mol. The van der Waals surface area contributed by atoms with Crippen molar-refractivity contribution in [2.75, 3.05) is 39.8 Å². The molecule has 0 saturated carbocycles. The summed E-state index contributed by atoms with van der Waals surface area (Å²) in [6.07, 6.45) is 3.92. The fraction of sp³-hybridized carbons (Fsp3) is 1.00. The molecule has 0 amide bonds. The van der Waals surface area contributed by atoms with Gasteiger partial charge in [0.05, 0.1) is 0 Å². The minimum absolute atomic E-state index is 0.258. The molecular weight excluding hydrogens is 222 g/mol. The second kappa shape index (κ2) is 7.46. The zero-order chi connectivity index (χ0) is 13.6. The number of nitrogens with zero attached hydrogens (tertiary/aromatic N) is 2. The summed E-state index contributed by atoms with van der Waals surface area (Å²) in [5.74, 6) is 0. The Morgan fingerprint density at radius 1 is 1.11 bits per heavy atom. The Morgan fingerprint density at radius 2 is 1.83 bits per heavy atom. The van der Waals surface area contributed by atoms with Gasteiger partial charge in [-0.15, -0.1) is 0 Å². The second-order valence-corrected chi connectivity index (χ2v) is 6.86. The first-order valence-corrected chi connectivity index (χ1v) is 7.56. The lowest BCUT2D eigenvalue weighted by molar-refractivity contribution is 0.202. The van der Waals surface area contributed by atoms with Crippen LogP contribution in [0, 0.1) is 0 Å². The van der Waals surface area contributed by atoms with Gasteiger partial charge < -0.3 is 10.2 Å². The molecule has 0 radical (unpaired) electrons. The number of hydrogen-bond acceptors (Lipinski definition) is 3. The Morgan fingerprint density at radius 3 is 2.50 bits per heavy atom. The summed E-state index contributed by atoms with van der Waals surface area (Å²) in [5.41, 5.74) is 0.258. The van der Waals surface area contributed by atoms with Gasteiger partial charge in [0.2, 0.25) is 0 Å². The van der Waals surface area contributed by atoms with Gasteiger partial charge in [0.1, 0.15) is 0 Å². The summed E-state index contributed by atoms with van der Waals surface area (Å²) in [6.45, 7) is 15.2. The van der Waals surface area contributed by atoms with Crippen molar-refractivity contribution in [3.05, 3.63) is 0 Å². The molecule has 1 N–H and O–H groups in total. The third kappa shape index (κ3) is 6.72. The molecule has 1 heterocycles. The number of likely N-dealkylation sites (N-methyl/N-ethyl adjacent to an activating group) is 1. The molecule has 1 aliphatic rings. The van der Waals surface area contributed by atoms with Gasteiger partial charge in [0, 0.05) is 24.7 Å². The Kier molecular flexibility index (Phi) is 6.61. The fourth-order valence-electron chi connectivity index (χ4n) is 2.55. The smallest absolute Gasteiger partial charge is 0.0112 e. The summed E-state index contributed by atoms with van der Waals surface area (Å²) >= 11 is 0. The van der Waals surface area contributed by atoms with E-state index in [9.17, 15) is 0 Å². The van der Waals surface area contributed by atoms with Gasteiger partial charge in [-0.2, -0.15) is 0 Å². The highest BCUT2D eigenvalue weighted by atomic mass is 15.2. The number of hydrogen-bond donors (Lipinski definition) is 1. The summed E-state index contributed by atoms with van der Waals surface area (Å²) in [5, 5.41) is 3.57. The van der Waals surface area contributed by atoms with Crippen molar-refractivity contribution in [3.8, 4) is 0 Å². The van der Waals surface area contributed by atoms with Crippen molar-refractivity contribution in [2.24, 2.45) is 0 Å². The van der Waals surface area contributed by atoms with Crippen molar-refractivity contribution in [1.82, 2.24) is 15.1 Å². The maximum absolute atomic E-state index is 3.57. The molecule has 1 rings (SSSR count). The molecule has 108 valence electrons. The zero-order valence-corrected chi connectivity index (χ0v) is 13.1. The predicted octanol–water partition coefficient (Wildman–Crippen LogP) is 2.18. The molecule has 0 aromatic carbocycles. The zero-order valence-electron chi connectivity index (χ0n) is 13.1. The molecule has 3 heteroatoms. The Hall–Kier alpha value is -0.120. The van der Waals surface area contributed by atoms with E-state index < -0.39 is 0 Å². The highest BCUT2D eigenvalue weighted by Gasteiger charge is 2.17. The first kappa shape index (κ1) is 15.9. The lowest BCUT2D eigenvalue weighted by Crippen LogP contribution is -2.38. The number of rotatable bonds is 5. The van der Waals surface area contributed by atoms with Crippen LogP contribution in [-0.2, 0) is 0 Å². The third-order valence-electron chi connectivity index (χ3n) is 3.83. The fourth-order valence-corrected chi connectivity index (χ4v) is 2.55. The normalized spacial score (nSPS) is 21.8. The van der Waals surface area contributed by atoms with E-state index in [1.807, 2.05) is 0 Å². The van der Waals surface area contributed by atoms with Crippen molar-refractivity contribution in [2.45, 2.75) is 58.5 Å². The molecule has 0 aromatic rings.